The molecule has 1 heterocycles. The second-order valence-electron chi connectivity index (χ2n) is 7.84. The van der Waals surface area contributed by atoms with Crippen molar-refractivity contribution in [1.29, 1.82) is 0 Å². The van der Waals surface area contributed by atoms with Crippen LogP contribution in [0.3, 0.4) is 0 Å². The van der Waals surface area contributed by atoms with E-state index in [1.165, 1.54) is 37.8 Å². The molecule has 0 bridgehead atoms. The van der Waals surface area contributed by atoms with E-state index < -0.39 is 0 Å². The quantitative estimate of drug-likeness (QED) is 0.790. The number of amides is 2. The maximum atomic E-state index is 12.1. The van der Waals surface area contributed by atoms with Crippen LogP contribution in [0, 0.1) is 5.92 Å². The van der Waals surface area contributed by atoms with E-state index in [9.17, 15) is 9.59 Å². The molecule has 1 aliphatic heterocycles. The Hall–Kier alpha value is -2.04. The molecule has 142 valence electrons. The zero-order chi connectivity index (χ0) is 18.4. The lowest BCUT2D eigenvalue weighted by Crippen LogP contribution is -2.37. The van der Waals surface area contributed by atoms with Crippen molar-refractivity contribution in [2.75, 3.05) is 23.3 Å². The first-order valence-electron chi connectivity index (χ1n) is 10.0. The van der Waals surface area contributed by atoms with Crippen molar-refractivity contribution >= 4 is 23.2 Å². The van der Waals surface area contributed by atoms with Crippen LogP contribution < -0.4 is 15.5 Å². The molecule has 2 N–H and O–H groups in total. The van der Waals surface area contributed by atoms with E-state index in [1.54, 1.807) is 0 Å². The number of benzene rings is 1. The van der Waals surface area contributed by atoms with E-state index in [0.717, 1.165) is 37.5 Å². The van der Waals surface area contributed by atoms with Crippen molar-refractivity contribution in [3.63, 3.8) is 0 Å². The Morgan fingerprint density at radius 2 is 1.62 bits per heavy atom. The van der Waals surface area contributed by atoms with Gasteiger partial charge in [0.15, 0.2) is 0 Å². The Labute approximate surface area is 156 Å². The van der Waals surface area contributed by atoms with Crippen LogP contribution in [-0.4, -0.2) is 30.9 Å². The van der Waals surface area contributed by atoms with E-state index in [4.69, 9.17) is 0 Å². The van der Waals surface area contributed by atoms with Gasteiger partial charge in [-0.1, -0.05) is 26.2 Å². The maximum Gasteiger partial charge on any atom is 0.233 e. The average molecular weight is 357 g/mol. The first kappa shape index (κ1) is 18.7. The Kier molecular flexibility index (Phi) is 6.53. The third-order valence-corrected chi connectivity index (χ3v) is 5.59. The molecule has 26 heavy (non-hydrogen) atoms. The summed E-state index contributed by atoms with van der Waals surface area (Å²) in [6, 6.07) is 8.19. The molecule has 0 unspecified atom stereocenters. The number of nitrogens with one attached hydrogen (secondary N) is 2. The zero-order valence-corrected chi connectivity index (χ0v) is 15.8. The van der Waals surface area contributed by atoms with Gasteiger partial charge in [-0.3, -0.25) is 9.59 Å². The summed E-state index contributed by atoms with van der Waals surface area (Å²) in [5, 5.41) is 5.81. The Morgan fingerprint density at radius 3 is 2.27 bits per heavy atom. The topological polar surface area (TPSA) is 61.4 Å². The molecule has 2 aliphatic rings. The van der Waals surface area contributed by atoms with Crippen LogP contribution in [0.1, 0.15) is 58.3 Å². The average Bonchev–Trinajstić information content (AvgIpc) is 2.64. The monoisotopic (exact) mass is 357 g/mol. The summed E-state index contributed by atoms with van der Waals surface area (Å²) in [5.41, 5.74) is 1.94. The smallest absolute Gasteiger partial charge is 0.233 e. The van der Waals surface area contributed by atoms with Crippen LogP contribution >= 0.6 is 0 Å². The third kappa shape index (κ3) is 5.48. The highest BCUT2D eigenvalue weighted by Crippen LogP contribution is 2.24. The van der Waals surface area contributed by atoms with E-state index >= 15 is 0 Å². The van der Waals surface area contributed by atoms with E-state index in [2.05, 4.69) is 22.5 Å². The predicted molar refractivity (Wildman–Crippen MR) is 105 cm³/mol. The summed E-state index contributed by atoms with van der Waals surface area (Å²) in [7, 11) is 0. The summed E-state index contributed by atoms with van der Waals surface area (Å²) in [4.78, 5) is 26.5. The van der Waals surface area contributed by atoms with Gasteiger partial charge in [-0.05, 0) is 55.9 Å². The van der Waals surface area contributed by atoms with E-state index in [-0.39, 0.29) is 24.3 Å². The molecular weight excluding hydrogens is 326 g/mol. The largest absolute Gasteiger partial charge is 0.372 e. The molecule has 0 aromatic heterocycles. The van der Waals surface area contributed by atoms with E-state index in [0.29, 0.717) is 0 Å². The van der Waals surface area contributed by atoms with Crippen LogP contribution in [0.5, 0.6) is 0 Å². The predicted octanol–water partition coefficient (Wildman–Crippen LogP) is 3.70. The normalized spacial score (nSPS) is 19.2. The SMILES string of the molecule is CC1CCN(c2ccc(NC(=O)CC(=O)NC3CCCCC3)cc2)CC1. The van der Waals surface area contributed by atoms with Gasteiger partial charge in [-0.15, -0.1) is 0 Å². The molecule has 5 heteroatoms. The van der Waals surface area contributed by atoms with Crippen LogP contribution in [0.25, 0.3) is 0 Å². The Morgan fingerprint density at radius 1 is 0.962 bits per heavy atom. The second kappa shape index (κ2) is 9.06. The van der Waals surface area contributed by atoms with Crippen molar-refractivity contribution in [3.8, 4) is 0 Å². The highest BCUT2D eigenvalue weighted by Gasteiger charge is 2.18. The Balaban J connectivity index is 1.44. The van der Waals surface area contributed by atoms with Gasteiger partial charge in [-0.25, -0.2) is 0 Å². The lowest BCUT2D eigenvalue weighted by molar-refractivity contribution is -0.127. The summed E-state index contributed by atoms with van der Waals surface area (Å²) in [6.45, 7) is 4.49. The van der Waals surface area contributed by atoms with Crippen molar-refractivity contribution in [2.24, 2.45) is 5.92 Å². The van der Waals surface area contributed by atoms with Crippen LogP contribution in [0.2, 0.25) is 0 Å². The highest BCUT2D eigenvalue weighted by atomic mass is 16.2. The van der Waals surface area contributed by atoms with Gasteiger partial charge in [-0.2, -0.15) is 0 Å². The van der Waals surface area contributed by atoms with Gasteiger partial charge in [0.05, 0.1) is 0 Å². The summed E-state index contributed by atoms with van der Waals surface area (Å²) >= 11 is 0. The number of carbonyl (C=O) groups is 2. The standard InChI is InChI=1S/C21H31N3O2/c1-16-11-13-24(14-12-16)19-9-7-18(8-10-19)23-21(26)15-20(25)22-17-5-3-2-4-6-17/h7-10,16-17H,2-6,11-15H2,1H3,(H,22,25)(H,23,26). The first-order chi connectivity index (χ1) is 12.6. The third-order valence-electron chi connectivity index (χ3n) is 5.59. The lowest BCUT2D eigenvalue weighted by Gasteiger charge is -2.32. The molecule has 0 radical (unpaired) electrons. The lowest BCUT2D eigenvalue weighted by atomic mass is 9.95. The van der Waals surface area contributed by atoms with Gasteiger partial charge in [0.1, 0.15) is 6.42 Å². The summed E-state index contributed by atoms with van der Waals surface area (Å²) in [5.74, 6) is 0.385. The zero-order valence-electron chi connectivity index (χ0n) is 15.8. The second-order valence-corrected chi connectivity index (χ2v) is 7.84. The van der Waals surface area contributed by atoms with Crippen molar-refractivity contribution in [2.45, 2.75) is 64.3 Å². The number of hydrogen-bond acceptors (Lipinski definition) is 3. The minimum Gasteiger partial charge on any atom is -0.372 e. The number of hydrogen-bond donors (Lipinski definition) is 2. The number of rotatable bonds is 5. The fraction of sp³-hybridized carbons (Fsp3) is 0.619. The fourth-order valence-electron chi connectivity index (χ4n) is 3.90. The molecule has 0 atom stereocenters. The van der Waals surface area contributed by atoms with Crippen LogP contribution in [0.4, 0.5) is 11.4 Å². The van der Waals surface area contributed by atoms with Crippen molar-refractivity contribution < 1.29 is 9.59 Å². The van der Waals surface area contributed by atoms with Crippen molar-refractivity contribution in [3.05, 3.63) is 24.3 Å². The molecule has 3 rings (SSSR count). The van der Waals surface area contributed by atoms with Crippen LogP contribution in [-0.2, 0) is 9.59 Å². The molecule has 1 aromatic carbocycles. The molecular formula is C21H31N3O2. The highest BCUT2D eigenvalue weighted by molar-refractivity contribution is 6.03. The molecule has 2 amide bonds. The molecule has 2 fully saturated rings. The molecule has 1 saturated heterocycles. The number of piperidine rings is 1. The number of carbonyl (C=O) groups excluding carboxylic acids is 2. The van der Waals surface area contributed by atoms with E-state index in [1.807, 2.05) is 24.3 Å². The number of nitrogens with zero attached hydrogens (tertiary/aromatic N) is 1. The van der Waals surface area contributed by atoms with Gasteiger partial charge < -0.3 is 15.5 Å². The van der Waals surface area contributed by atoms with Gasteiger partial charge in [0.2, 0.25) is 11.8 Å². The molecule has 5 nitrogen and oxygen atoms in total. The molecule has 1 saturated carbocycles. The summed E-state index contributed by atoms with van der Waals surface area (Å²) in [6.07, 6.45) is 8.00. The summed E-state index contributed by atoms with van der Waals surface area (Å²) < 4.78 is 0. The Bertz CT molecular complexity index is 600. The molecule has 1 aliphatic carbocycles. The van der Waals surface area contributed by atoms with Crippen molar-refractivity contribution in [1.82, 2.24) is 5.32 Å². The molecule has 0 spiro atoms. The van der Waals surface area contributed by atoms with Crippen LogP contribution in [0.15, 0.2) is 24.3 Å². The van der Waals surface area contributed by atoms with Gasteiger partial charge >= 0.3 is 0 Å². The first-order valence-corrected chi connectivity index (χ1v) is 10.0. The minimum absolute atomic E-state index is 0.109. The minimum atomic E-state index is -0.252. The fourth-order valence-corrected chi connectivity index (χ4v) is 3.90. The maximum absolute atomic E-state index is 12.1. The van der Waals surface area contributed by atoms with Gasteiger partial charge in [0, 0.05) is 30.5 Å². The van der Waals surface area contributed by atoms with Gasteiger partial charge in [0.25, 0.3) is 0 Å². The number of anilines is 2. The molecule has 1 aromatic rings.